The molecule has 1 rings (SSSR count). The Bertz CT molecular complexity index is 601. The number of carboxylic acid groups (broad SMARTS) is 1. The molecule has 7 nitrogen and oxygen atoms in total. The molecule has 0 saturated heterocycles. The van der Waals surface area contributed by atoms with E-state index in [-0.39, 0.29) is 9.77 Å². The van der Waals surface area contributed by atoms with Crippen molar-refractivity contribution in [3.63, 3.8) is 0 Å². The van der Waals surface area contributed by atoms with Crippen LogP contribution in [0.3, 0.4) is 0 Å². The lowest BCUT2D eigenvalue weighted by atomic mass is 10.1. The van der Waals surface area contributed by atoms with Gasteiger partial charge in [0.25, 0.3) is 10.0 Å². The van der Waals surface area contributed by atoms with Gasteiger partial charge in [-0.1, -0.05) is 0 Å². The molecule has 106 valence electrons. The summed E-state index contributed by atoms with van der Waals surface area (Å²) in [6, 6.07) is 1.03. The Kier molecular flexibility index (Phi) is 4.33. The second-order valence-electron chi connectivity index (χ2n) is 4.18. The molecule has 0 fully saturated rings. The van der Waals surface area contributed by atoms with Gasteiger partial charge in [0, 0.05) is 5.38 Å². The van der Waals surface area contributed by atoms with E-state index in [4.69, 9.17) is 5.11 Å². The van der Waals surface area contributed by atoms with Gasteiger partial charge in [-0.05, 0) is 19.9 Å². The third-order valence-electron chi connectivity index (χ3n) is 2.17. The average Bonchev–Trinajstić information content (AvgIpc) is 2.76. The molecule has 0 aliphatic rings. The summed E-state index contributed by atoms with van der Waals surface area (Å²) in [5.74, 6) is -1.96. The van der Waals surface area contributed by atoms with E-state index >= 15 is 0 Å². The zero-order valence-corrected chi connectivity index (χ0v) is 12.1. The van der Waals surface area contributed by atoms with Gasteiger partial charge in [0.05, 0.1) is 12.7 Å². The lowest BCUT2D eigenvalue weighted by molar-refractivity contribution is -0.146. The van der Waals surface area contributed by atoms with Gasteiger partial charge in [-0.3, -0.25) is 4.79 Å². The normalized spacial score (nSPS) is 12.2. The lowest BCUT2D eigenvalue weighted by Crippen LogP contribution is -2.49. The van der Waals surface area contributed by atoms with Gasteiger partial charge in [-0.25, -0.2) is 13.2 Å². The molecule has 1 aromatic rings. The molecule has 19 heavy (non-hydrogen) atoms. The average molecular weight is 307 g/mol. The van der Waals surface area contributed by atoms with Crippen LogP contribution in [0.5, 0.6) is 0 Å². The second kappa shape index (κ2) is 5.27. The fraction of sp³-hybridized carbons (Fsp3) is 0.400. The molecule has 0 amide bonds. The van der Waals surface area contributed by atoms with Crippen LogP contribution in [0.25, 0.3) is 0 Å². The highest BCUT2D eigenvalue weighted by atomic mass is 32.2. The first-order valence-electron chi connectivity index (χ1n) is 5.04. The molecule has 0 aromatic carbocycles. The Labute approximate surface area is 114 Å². The summed E-state index contributed by atoms with van der Waals surface area (Å²) in [6.45, 7) is 2.70. The molecule has 1 aromatic heterocycles. The minimum atomic E-state index is -3.98. The summed E-state index contributed by atoms with van der Waals surface area (Å²) in [5.41, 5.74) is -1.57. The van der Waals surface area contributed by atoms with E-state index in [1.807, 2.05) is 0 Å². The number of nitrogens with one attached hydrogen (secondary N) is 1. The van der Waals surface area contributed by atoms with Crippen molar-refractivity contribution in [2.24, 2.45) is 0 Å². The summed E-state index contributed by atoms with van der Waals surface area (Å²) >= 11 is 0.761. The Morgan fingerprint density at radius 3 is 2.42 bits per heavy atom. The molecule has 2 N–H and O–H groups in total. The number of thiophene rings is 1. The molecule has 0 aliphatic carbocycles. The summed E-state index contributed by atoms with van der Waals surface area (Å²) < 4.78 is 30.5. The van der Waals surface area contributed by atoms with Crippen molar-refractivity contribution in [1.29, 1.82) is 0 Å². The fourth-order valence-electron chi connectivity index (χ4n) is 1.25. The van der Waals surface area contributed by atoms with Crippen LogP contribution in [0, 0.1) is 0 Å². The van der Waals surface area contributed by atoms with Gasteiger partial charge in [-0.15, -0.1) is 11.3 Å². The van der Waals surface area contributed by atoms with Crippen LogP contribution in [-0.2, 0) is 19.6 Å². The number of rotatable bonds is 5. The molecule has 0 spiro atoms. The molecule has 0 bridgehead atoms. The largest absolute Gasteiger partial charge is 0.478 e. The molecule has 0 unspecified atom stereocenters. The highest BCUT2D eigenvalue weighted by Gasteiger charge is 2.35. The molecule has 0 saturated carbocycles. The van der Waals surface area contributed by atoms with E-state index < -0.39 is 27.5 Å². The Morgan fingerprint density at radius 2 is 2.00 bits per heavy atom. The zero-order chi connectivity index (χ0) is 14.8. The van der Waals surface area contributed by atoms with Crippen molar-refractivity contribution < 1.29 is 27.9 Å². The van der Waals surface area contributed by atoms with Gasteiger partial charge in [0.15, 0.2) is 0 Å². The van der Waals surface area contributed by atoms with E-state index in [9.17, 15) is 18.0 Å². The van der Waals surface area contributed by atoms with Gasteiger partial charge < -0.3 is 9.84 Å². The first kappa shape index (κ1) is 15.6. The molecular formula is C10H13NO6S2. The number of sulfonamides is 1. The third-order valence-corrected chi connectivity index (χ3v) is 5.27. The monoisotopic (exact) mass is 307 g/mol. The van der Waals surface area contributed by atoms with E-state index in [0.717, 1.165) is 24.5 Å². The van der Waals surface area contributed by atoms with Crippen molar-refractivity contribution in [3.05, 3.63) is 17.0 Å². The molecule has 9 heteroatoms. The van der Waals surface area contributed by atoms with Crippen molar-refractivity contribution in [2.75, 3.05) is 7.11 Å². The highest BCUT2D eigenvalue weighted by Crippen LogP contribution is 2.22. The van der Waals surface area contributed by atoms with Crippen LogP contribution in [0.1, 0.15) is 24.2 Å². The van der Waals surface area contributed by atoms with E-state index in [2.05, 4.69) is 9.46 Å². The predicted octanol–water partition coefficient (Wildman–Crippen LogP) is 0.676. The van der Waals surface area contributed by atoms with Crippen LogP contribution in [-0.4, -0.2) is 38.1 Å². The van der Waals surface area contributed by atoms with Crippen molar-refractivity contribution in [1.82, 2.24) is 4.72 Å². The number of hydrogen-bond donors (Lipinski definition) is 2. The SMILES string of the molecule is COC(=O)C(C)(C)NS(=O)(=O)c1cc(C(=O)O)cs1. The standard InChI is InChI=1S/C10H13NO6S2/c1-10(2,9(14)17-3)11-19(15,16)7-4-6(5-18-7)8(12)13/h4-5,11H,1-3H3,(H,12,13). The minimum Gasteiger partial charge on any atom is -0.478 e. The van der Waals surface area contributed by atoms with Crippen LogP contribution in [0.15, 0.2) is 15.7 Å². The summed E-state index contributed by atoms with van der Waals surface area (Å²) in [5, 5.41) is 9.95. The molecule has 0 atom stereocenters. The first-order valence-corrected chi connectivity index (χ1v) is 7.40. The molecular weight excluding hydrogens is 294 g/mol. The van der Waals surface area contributed by atoms with Gasteiger partial charge in [0.2, 0.25) is 0 Å². The quantitative estimate of drug-likeness (QED) is 0.774. The summed E-state index contributed by atoms with van der Waals surface area (Å²) in [6.07, 6.45) is 0. The summed E-state index contributed by atoms with van der Waals surface area (Å²) in [4.78, 5) is 22.1. The maximum Gasteiger partial charge on any atom is 0.336 e. The number of carboxylic acids is 1. The van der Waals surface area contributed by atoms with Crippen LogP contribution in [0.2, 0.25) is 0 Å². The Hall–Kier alpha value is -1.45. The number of carbonyl (C=O) groups excluding carboxylic acids is 1. The fourth-order valence-corrected chi connectivity index (χ4v) is 3.77. The van der Waals surface area contributed by atoms with Crippen LogP contribution < -0.4 is 4.72 Å². The highest BCUT2D eigenvalue weighted by molar-refractivity contribution is 7.91. The predicted molar refractivity (Wildman–Crippen MR) is 67.7 cm³/mol. The summed E-state index contributed by atoms with van der Waals surface area (Å²) in [7, 11) is -2.84. The van der Waals surface area contributed by atoms with Crippen molar-refractivity contribution >= 4 is 33.3 Å². The third kappa shape index (κ3) is 3.52. The first-order chi connectivity index (χ1) is 8.60. The van der Waals surface area contributed by atoms with Crippen LogP contribution >= 0.6 is 11.3 Å². The number of methoxy groups -OCH3 is 1. The number of aromatic carboxylic acids is 1. The Morgan fingerprint density at radius 1 is 1.42 bits per heavy atom. The number of ether oxygens (including phenoxy) is 1. The van der Waals surface area contributed by atoms with E-state index in [1.165, 1.54) is 19.2 Å². The Balaban J connectivity index is 3.04. The van der Waals surface area contributed by atoms with Crippen LogP contribution in [0.4, 0.5) is 0 Å². The molecule has 0 aliphatic heterocycles. The zero-order valence-electron chi connectivity index (χ0n) is 10.5. The van der Waals surface area contributed by atoms with Crippen molar-refractivity contribution in [3.8, 4) is 0 Å². The lowest BCUT2D eigenvalue weighted by Gasteiger charge is -2.22. The minimum absolute atomic E-state index is 0.124. The smallest absolute Gasteiger partial charge is 0.336 e. The van der Waals surface area contributed by atoms with Gasteiger partial charge in [0.1, 0.15) is 9.75 Å². The van der Waals surface area contributed by atoms with Gasteiger partial charge >= 0.3 is 11.9 Å². The number of hydrogen-bond acceptors (Lipinski definition) is 6. The molecule has 1 heterocycles. The van der Waals surface area contributed by atoms with Crippen molar-refractivity contribution in [2.45, 2.75) is 23.6 Å². The molecule has 0 radical (unpaired) electrons. The maximum atomic E-state index is 12.0. The maximum absolute atomic E-state index is 12.0. The topological polar surface area (TPSA) is 110 Å². The van der Waals surface area contributed by atoms with E-state index in [0.29, 0.717) is 0 Å². The second-order valence-corrected chi connectivity index (χ2v) is 7.00. The number of esters is 1. The van der Waals surface area contributed by atoms with E-state index in [1.54, 1.807) is 0 Å². The van der Waals surface area contributed by atoms with Gasteiger partial charge in [-0.2, -0.15) is 4.72 Å². The number of carbonyl (C=O) groups is 2.